The predicted molar refractivity (Wildman–Crippen MR) is 113 cm³/mol. The van der Waals surface area contributed by atoms with Crippen molar-refractivity contribution in [3.63, 3.8) is 0 Å². The summed E-state index contributed by atoms with van der Waals surface area (Å²) in [6, 6.07) is 13.0. The fraction of sp³-hybridized carbons (Fsp3) is 0.375. The van der Waals surface area contributed by atoms with Crippen molar-refractivity contribution in [1.29, 1.82) is 0 Å². The average molecular weight is 423 g/mol. The molecule has 2 aliphatic rings. The van der Waals surface area contributed by atoms with Gasteiger partial charge in [-0.25, -0.2) is 9.18 Å². The van der Waals surface area contributed by atoms with Gasteiger partial charge in [0, 0.05) is 13.1 Å². The van der Waals surface area contributed by atoms with Crippen LogP contribution in [0.3, 0.4) is 0 Å². The lowest BCUT2D eigenvalue weighted by Gasteiger charge is -2.30. The van der Waals surface area contributed by atoms with E-state index < -0.39 is 23.3 Å². The molecule has 0 bridgehead atoms. The van der Waals surface area contributed by atoms with Crippen LogP contribution >= 0.6 is 0 Å². The lowest BCUT2D eigenvalue weighted by molar-refractivity contribution is -0.139. The van der Waals surface area contributed by atoms with E-state index in [1.165, 1.54) is 29.8 Å². The maximum Gasteiger partial charge on any atom is 0.325 e. The lowest BCUT2D eigenvalue weighted by Crippen LogP contribution is -2.46. The van der Waals surface area contributed by atoms with E-state index in [4.69, 9.17) is 0 Å². The van der Waals surface area contributed by atoms with Crippen LogP contribution in [0.5, 0.6) is 0 Å². The number of halogens is 1. The largest absolute Gasteiger partial charge is 0.336 e. The molecular weight excluding hydrogens is 397 g/mol. The first-order chi connectivity index (χ1) is 14.9. The Morgan fingerprint density at radius 2 is 1.81 bits per heavy atom. The van der Waals surface area contributed by atoms with Crippen LogP contribution in [0, 0.1) is 5.82 Å². The summed E-state index contributed by atoms with van der Waals surface area (Å²) in [4.78, 5) is 41.8. The molecule has 2 aromatic rings. The van der Waals surface area contributed by atoms with Gasteiger partial charge in [0.2, 0.25) is 5.91 Å². The van der Waals surface area contributed by atoms with Crippen molar-refractivity contribution >= 4 is 17.8 Å². The second-order valence-electron chi connectivity index (χ2n) is 8.17. The van der Waals surface area contributed by atoms with Gasteiger partial charge in [-0.2, -0.15) is 0 Å². The lowest BCUT2D eigenvalue weighted by atomic mass is 9.85. The zero-order chi connectivity index (χ0) is 22.0. The molecule has 7 heteroatoms. The Kier molecular flexibility index (Phi) is 5.76. The molecule has 31 heavy (non-hydrogen) atoms. The first-order valence-corrected chi connectivity index (χ1v) is 10.7. The second-order valence-corrected chi connectivity index (χ2v) is 8.17. The van der Waals surface area contributed by atoms with Crippen LogP contribution in [-0.4, -0.2) is 40.7 Å². The molecule has 2 heterocycles. The number of amides is 4. The Hall–Kier alpha value is -3.22. The van der Waals surface area contributed by atoms with Gasteiger partial charge in [0.25, 0.3) is 5.91 Å². The minimum atomic E-state index is -1.27. The molecule has 1 N–H and O–H groups in total. The molecule has 4 rings (SSSR count). The third kappa shape index (κ3) is 3.92. The highest BCUT2D eigenvalue weighted by Crippen LogP contribution is 2.34. The van der Waals surface area contributed by atoms with E-state index in [2.05, 4.69) is 11.4 Å². The Morgan fingerprint density at radius 1 is 1.10 bits per heavy atom. The molecule has 6 nitrogen and oxygen atoms in total. The summed E-state index contributed by atoms with van der Waals surface area (Å²) in [6.07, 6.45) is 2.67. The second kappa shape index (κ2) is 8.49. The quantitative estimate of drug-likeness (QED) is 0.725. The van der Waals surface area contributed by atoms with Gasteiger partial charge in [-0.05, 0) is 41.7 Å². The molecule has 162 valence electrons. The molecule has 0 aromatic heterocycles. The van der Waals surface area contributed by atoms with Crippen molar-refractivity contribution in [3.05, 3.63) is 71.0 Å². The number of urea groups is 1. The van der Waals surface area contributed by atoms with E-state index in [9.17, 15) is 18.8 Å². The number of benzene rings is 2. The van der Waals surface area contributed by atoms with Crippen molar-refractivity contribution in [2.75, 3.05) is 13.1 Å². The molecule has 0 unspecified atom stereocenters. The van der Waals surface area contributed by atoms with Crippen LogP contribution in [0.1, 0.15) is 42.9 Å². The SMILES string of the molecule is CCCC[C@@]1(c2ccc(F)cc2)NC(=O)N(CC(=O)N2CCc3ccccc3C2)C1=O. The molecule has 1 atom stereocenters. The summed E-state index contributed by atoms with van der Waals surface area (Å²) >= 11 is 0. The standard InChI is InChI=1S/C24H26FN3O3/c1-2-3-13-24(19-8-10-20(25)11-9-19)22(30)28(23(31)26-24)16-21(29)27-14-12-17-6-4-5-7-18(17)15-27/h4-11H,2-3,12-16H2,1H3,(H,26,31)/t24-/m0/s1. The average Bonchev–Trinajstić information content (AvgIpc) is 3.02. The van der Waals surface area contributed by atoms with Crippen LogP contribution < -0.4 is 5.32 Å². The van der Waals surface area contributed by atoms with E-state index in [0.29, 0.717) is 31.5 Å². The van der Waals surface area contributed by atoms with Crippen LogP contribution in [0.2, 0.25) is 0 Å². The zero-order valence-electron chi connectivity index (χ0n) is 17.6. The molecule has 4 amide bonds. The number of rotatable bonds is 6. The van der Waals surface area contributed by atoms with Gasteiger partial charge >= 0.3 is 6.03 Å². The van der Waals surface area contributed by atoms with E-state index in [-0.39, 0.29) is 12.5 Å². The number of nitrogens with zero attached hydrogens (tertiary/aromatic N) is 2. The number of imide groups is 1. The fourth-order valence-electron chi connectivity index (χ4n) is 4.40. The molecular formula is C24H26FN3O3. The molecule has 0 saturated carbocycles. The third-order valence-electron chi connectivity index (χ3n) is 6.19. The monoisotopic (exact) mass is 423 g/mol. The van der Waals surface area contributed by atoms with Crippen LogP contribution in [0.25, 0.3) is 0 Å². The Balaban J connectivity index is 1.54. The summed E-state index contributed by atoms with van der Waals surface area (Å²) < 4.78 is 13.5. The molecule has 0 aliphatic carbocycles. The van der Waals surface area contributed by atoms with Crippen LogP contribution in [0.15, 0.2) is 48.5 Å². The number of hydrogen-bond donors (Lipinski definition) is 1. The van der Waals surface area contributed by atoms with E-state index >= 15 is 0 Å². The van der Waals surface area contributed by atoms with Gasteiger partial charge in [0.15, 0.2) is 0 Å². The van der Waals surface area contributed by atoms with Gasteiger partial charge in [0.1, 0.15) is 17.9 Å². The molecule has 2 aromatic carbocycles. The van der Waals surface area contributed by atoms with Crippen molar-refractivity contribution in [1.82, 2.24) is 15.1 Å². The van der Waals surface area contributed by atoms with Crippen molar-refractivity contribution in [2.24, 2.45) is 0 Å². The highest BCUT2D eigenvalue weighted by atomic mass is 19.1. The number of nitrogens with one attached hydrogen (secondary N) is 1. The summed E-state index contributed by atoms with van der Waals surface area (Å²) in [7, 11) is 0. The highest BCUT2D eigenvalue weighted by molar-refractivity contribution is 6.09. The minimum Gasteiger partial charge on any atom is -0.336 e. The van der Waals surface area contributed by atoms with Gasteiger partial charge in [-0.3, -0.25) is 14.5 Å². The number of carbonyl (C=O) groups excluding carboxylic acids is 3. The minimum absolute atomic E-state index is 0.261. The van der Waals surface area contributed by atoms with Gasteiger partial charge in [-0.15, -0.1) is 0 Å². The van der Waals surface area contributed by atoms with Crippen LogP contribution in [0.4, 0.5) is 9.18 Å². The zero-order valence-corrected chi connectivity index (χ0v) is 17.6. The van der Waals surface area contributed by atoms with Gasteiger partial charge in [0.05, 0.1) is 0 Å². The fourth-order valence-corrected chi connectivity index (χ4v) is 4.40. The summed E-state index contributed by atoms with van der Waals surface area (Å²) in [5.74, 6) is -1.13. The first kappa shape index (κ1) is 21.0. The number of carbonyl (C=O) groups is 3. The number of hydrogen-bond acceptors (Lipinski definition) is 3. The smallest absolute Gasteiger partial charge is 0.325 e. The van der Waals surface area contributed by atoms with E-state index in [1.807, 2.05) is 25.1 Å². The van der Waals surface area contributed by atoms with Gasteiger partial charge in [-0.1, -0.05) is 56.2 Å². The third-order valence-corrected chi connectivity index (χ3v) is 6.19. The number of unbranched alkanes of at least 4 members (excludes halogenated alkanes) is 1. The van der Waals surface area contributed by atoms with Gasteiger partial charge < -0.3 is 10.2 Å². The molecule has 1 fully saturated rings. The molecule has 1 saturated heterocycles. The number of fused-ring (bicyclic) bond motifs is 1. The molecule has 2 aliphatic heterocycles. The normalized spacial score (nSPS) is 20.6. The first-order valence-electron chi connectivity index (χ1n) is 10.7. The summed E-state index contributed by atoms with van der Waals surface area (Å²) in [5, 5.41) is 2.81. The molecule has 0 radical (unpaired) electrons. The Morgan fingerprint density at radius 3 is 2.52 bits per heavy atom. The summed E-state index contributed by atoms with van der Waals surface area (Å²) in [5.41, 5.74) is 1.57. The Bertz CT molecular complexity index is 1010. The molecule has 0 spiro atoms. The van der Waals surface area contributed by atoms with E-state index in [1.54, 1.807) is 4.90 Å². The van der Waals surface area contributed by atoms with Crippen molar-refractivity contribution in [2.45, 2.75) is 44.7 Å². The van der Waals surface area contributed by atoms with Crippen molar-refractivity contribution < 1.29 is 18.8 Å². The topological polar surface area (TPSA) is 69.7 Å². The van der Waals surface area contributed by atoms with Crippen molar-refractivity contribution in [3.8, 4) is 0 Å². The van der Waals surface area contributed by atoms with Crippen LogP contribution in [-0.2, 0) is 28.1 Å². The maximum absolute atomic E-state index is 13.5. The predicted octanol–water partition coefficient (Wildman–Crippen LogP) is 3.35. The Labute approximate surface area is 181 Å². The summed E-state index contributed by atoms with van der Waals surface area (Å²) in [6.45, 7) is 2.72. The highest BCUT2D eigenvalue weighted by Gasteiger charge is 2.52. The maximum atomic E-state index is 13.5. The van der Waals surface area contributed by atoms with E-state index in [0.717, 1.165) is 23.3 Å².